The lowest BCUT2D eigenvalue weighted by Crippen LogP contribution is -2.04. The number of ketones is 1. The maximum Gasteiger partial charge on any atom is 0.194 e. The zero-order chi connectivity index (χ0) is 19.4. The number of para-hydroxylation sites is 2. The van der Waals surface area contributed by atoms with Gasteiger partial charge in [-0.25, -0.2) is 0 Å². The summed E-state index contributed by atoms with van der Waals surface area (Å²) >= 11 is 7.76. The maximum absolute atomic E-state index is 13.0. The molecule has 3 aromatic carbocycles. The van der Waals surface area contributed by atoms with Crippen molar-refractivity contribution in [1.82, 2.24) is 0 Å². The van der Waals surface area contributed by atoms with E-state index in [-0.39, 0.29) is 5.78 Å². The van der Waals surface area contributed by atoms with Crippen LogP contribution in [-0.4, -0.2) is 11.0 Å². The van der Waals surface area contributed by atoms with Crippen LogP contribution in [0.3, 0.4) is 0 Å². The maximum atomic E-state index is 13.0. The highest BCUT2D eigenvalue weighted by molar-refractivity contribution is 8.00. The molecule has 5 heteroatoms. The summed E-state index contributed by atoms with van der Waals surface area (Å²) in [4.78, 5) is 13.9. The van der Waals surface area contributed by atoms with Gasteiger partial charge in [-0.2, -0.15) is 0 Å². The molecule has 138 valence electrons. The molecule has 0 aromatic heterocycles. The van der Waals surface area contributed by atoms with Crippen molar-refractivity contribution < 1.29 is 4.79 Å². The van der Waals surface area contributed by atoms with Gasteiger partial charge in [-0.05, 0) is 54.6 Å². The molecule has 0 bridgehead atoms. The first-order valence-electron chi connectivity index (χ1n) is 8.66. The van der Waals surface area contributed by atoms with Gasteiger partial charge in [0.05, 0.1) is 11.4 Å². The molecule has 3 rings (SSSR count). The molecular formula is C22H21ClN2OS. The minimum absolute atomic E-state index is 0.0133. The van der Waals surface area contributed by atoms with Crippen LogP contribution in [0.25, 0.3) is 0 Å². The molecule has 0 aliphatic carbocycles. The van der Waals surface area contributed by atoms with Crippen LogP contribution in [0.2, 0.25) is 5.02 Å². The fourth-order valence-electron chi connectivity index (χ4n) is 2.66. The van der Waals surface area contributed by atoms with Crippen LogP contribution < -0.4 is 11.1 Å². The number of halogens is 1. The second kappa shape index (κ2) is 8.51. The van der Waals surface area contributed by atoms with E-state index in [9.17, 15) is 4.79 Å². The minimum atomic E-state index is -0.0133. The second-order valence-corrected chi connectivity index (χ2v) is 8.48. The first-order chi connectivity index (χ1) is 12.9. The number of nitrogens with one attached hydrogen (secondary N) is 1. The van der Waals surface area contributed by atoms with Gasteiger partial charge in [0.15, 0.2) is 5.78 Å². The van der Waals surface area contributed by atoms with Gasteiger partial charge in [0.1, 0.15) is 0 Å². The van der Waals surface area contributed by atoms with E-state index in [1.807, 2.05) is 54.6 Å². The van der Waals surface area contributed by atoms with Crippen molar-refractivity contribution in [3.63, 3.8) is 0 Å². The fourth-order valence-corrected chi connectivity index (χ4v) is 3.89. The molecule has 0 unspecified atom stereocenters. The van der Waals surface area contributed by atoms with Crippen LogP contribution >= 0.6 is 23.4 Å². The molecule has 27 heavy (non-hydrogen) atoms. The quantitative estimate of drug-likeness (QED) is 0.287. The van der Waals surface area contributed by atoms with Crippen molar-refractivity contribution in [3.05, 3.63) is 82.9 Å². The zero-order valence-corrected chi connectivity index (χ0v) is 16.8. The number of nitrogen functional groups attached to an aromatic ring is 1. The average Bonchev–Trinajstić information content (AvgIpc) is 2.63. The van der Waals surface area contributed by atoms with Gasteiger partial charge < -0.3 is 11.1 Å². The molecule has 3 aromatic rings. The van der Waals surface area contributed by atoms with E-state index >= 15 is 0 Å². The molecule has 0 fully saturated rings. The number of carbonyl (C=O) groups is 1. The van der Waals surface area contributed by atoms with Gasteiger partial charge in [0.25, 0.3) is 0 Å². The molecule has 0 atom stereocenters. The number of rotatable bonds is 6. The molecule has 3 nitrogen and oxygen atoms in total. The van der Waals surface area contributed by atoms with Crippen molar-refractivity contribution in [2.75, 3.05) is 11.1 Å². The van der Waals surface area contributed by atoms with Gasteiger partial charge in [-0.3, -0.25) is 4.79 Å². The molecule has 0 saturated heterocycles. The summed E-state index contributed by atoms with van der Waals surface area (Å²) in [5, 5.41) is 4.26. The third kappa shape index (κ3) is 4.85. The number of carbonyl (C=O) groups excluding carboxylic acids is 1. The molecular weight excluding hydrogens is 376 g/mol. The highest BCUT2D eigenvalue weighted by atomic mass is 35.5. The summed E-state index contributed by atoms with van der Waals surface area (Å²) in [5.74, 6) is -0.0133. The Labute approximate surface area is 168 Å². The predicted octanol–water partition coefficient (Wildman–Crippen LogP) is 6.40. The Balaban J connectivity index is 1.83. The molecule has 0 saturated carbocycles. The second-order valence-electron chi connectivity index (χ2n) is 6.43. The van der Waals surface area contributed by atoms with E-state index in [2.05, 4.69) is 19.2 Å². The summed E-state index contributed by atoms with van der Waals surface area (Å²) in [6.07, 6.45) is 0. The van der Waals surface area contributed by atoms with Gasteiger partial charge >= 0.3 is 0 Å². The van der Waals surface area contributed by atoms with E-state index in [0.29, 0.717) is 27.1 Å². The molecule has 0 spiro atoms. The number of thioether (sulfide) groups is 1. The van der Waals surface area contributed by atoms with Gasteiger partial charge in [-0.1, -0.05) is 37.6 Å². The predicted molar refractivity (Wildman–Crippen MR) is 116 cm³/mol. The van der Waals surface area contributed by atoms with E-state index in [1.165, 1.54) is 0 Å². The zero-order valence-electron chi connectivity index (χ0n) is 15.2. The molecule has 0 aliphatic rings. The normalized spacial score (nSPS) is 10.8. The summed E-state index contributed by atoms with van der Waals surface area (Å²) < 4.78 is 0. The van der Waals surface area contributed by atoms with Crippen molar-refractivity contribution in [2.24, 2.45) is 0 Å². The number of anilines is 3. The number of hydrogen-bond acceptors (Lipinski definition) is 4. The fraction of sp³-hybridized carbons (Fsp3) is 0.136. The molecule has 0 amide bonds. The lowest BCUT2D eigenvalue weighted by Gasteiger charge is -2.12. The van der Waals surface area contributed by atoms with E-state index in [1.54, 1.807) is 23.9 Å². The summed E-state index contributed by atoms with van der Waals surface area (Å²) in [6, 6.07) is 20.4. The third-order valence-corrected chi connectivity index (χ3v) is 5.24. The Morgan fingerprint density at radius 2 is 1.74 bits per heavy atom. The Morgan fingerprint density at radius 3 is 2.41 bits per heavy atom. The lowest BCUT2D eigenvalue weighted by molar-refractivity contribution is 0.103. The van der Waals surface area contributed by atoms with Gasteiger partial charge in [0.2, 0.25) is 0 Å². The topological polar surface area (TPSA) is 55.1 Å². The van der Waals surface area contributed by atoms with Crippen LogP contribution in [0.1, 0.15) is 29.8 Å². The standard InChI is InChI=1S/C22H21ClN2OS/c1-14(2)27-21-13-16(23)9-12-18(21)22(26)15-7-10-17(11-8-15)25-20-6-4-3-5-19(20)24/h3-14,25H,24H2,1-2H3. The number of hydrogen-bond donors (Lipinski definition) is 2. The van der Waals surface area contributed by atoms with Gasteiger partial charge in [0, 0.05) is 32.0 Å². The summed E-state index contributed by atoms with van der Waals surface area (Å²) in [5.41, 5.74) is 9.65. The van der Waals surface area contributed by atoms with E-state index < -0.39 is 0 Å². The van der Waals surface area contributed by atoms with Crippen molar-refractivity contribution in [3.8, 4) is 0 Å². The van der Waals surface area contributed by atoms with Gasteiger partial charge in [-0.15, -0.1) is 11.8 Å². The first-order valence-corrected chi connectivity index (χ1v) is 9.92. The molecule has 0 radical (unpaired) electrons. The van der Waals surface area contributed by atoms with Crippen molar-refractivity contribution >= 4 is 46.2 Å². The number of nitrogens with two attached hydrogens (primary N) is 1. The molecule has 0 heterocycles. The Morgan fingerprint density at radius 1 is 1.04 bits per heavy atom. The van der Waals surface area contributed by atoms with Crippen LogP contribution in [0.5, 0.6) is 0 Å². The smallest absolute Gasteiger partial charge is 0.194 e. The van der Waals surface area contributed by atoms with E-state index in [4.69, 9.17) is 17.3 Å². The SMILES string of the molecule is CC(C)Sc1cc(Cl)ccc1C(=O)c1ccc(Nc2ccccc2N)cc1. The van der Waals surface area contributed by atoms with Crippen molar-refractivity contribution in [2.45, 2.75) is 24.0 Å². The molecule has 3 N–H and O–H groups in total. The summed E-state index contributed by atoms with van der Waals surface area (Å²) in [7, 11) is 0. The first kappa shape index (κ1) is 19.3. The Hall–Kier alpha value is -2.43. The summed E-state index contributed by atoms with van der Waals surface area (Å²) in [6.45, 7) is 4.19. The lowest BCUT2D eigenvalue weighted by atomic mass is 10.0. The molecule has 0 aliphatic heterocycles. The largest absolute Gasteiger partial charge is 0.397 e. The van der Waals surface area contributed by atoms with Crippen LogP contribution in [0, 0.1) is 0 Å². The minimum Gasteiger partial charge on any atom is -0.397 e. The average molecular weight is 397 g/mol. The van der Waals surface area contributed by atoms with Crippen LogP contribution in [-0.2, 0) is 0 Å². The highest BCUT2D eigenvalue weighted by Gasteiger charge is 2.15. The van der Waals surface area contributed by atoms with Crippen LogP contribution in [0.15, 0.2) is 71.6 Å². The Bertz CT molecular complexity index is 955. The van der Waals surface area contributed by atoms with Crippen LogP contribution in [0.4, 0.5) is 17.1 Å². The van der Waals surface area contributed by atoms with E-state index in [0.717, 1.165) is 16.3 Å². The monoisotopic (exact) mass is 396 g/mol. The third-order valence-electron chi connectivity index (χ3n) is 3.94. The highest BCUT2D eigenvalue weighted by Crippen LogP contribution is 2.31. The number of benzene rings is 3. The van der Waals surface area contributed by atoms with Crippen molar-refractivity contribution in [1.29, 1.82) is 0 Å². The Kier molecular flexibility index (Phi) is 6.09.